The SMILES string of the molecule is CN=C(N)NC(=O)c1cc2c(Cl)cc(OCc3cccc(N)c3)cc2[nH]1.Cl. The number of nitrogens with two attached hydrogens (primary N) is 2. The van der Waals surface area contributed by atoms with E-state index >= 15 is 0 Å². The van der Waals surface area contributed by atoms with Gasteiger partial charge in [-0.15, -0.1) is 12.4 Å². The summed E-state index contributed by atoms with van der Waals surface area (Å²) in [6, 6.07) is 12.6. The predicted molar refractivity (Wildman–Crippen MR) is 111 cm³/mol. The largest absolute Gasteiger partial charge is 0.489 e. The Morgan fingerprint density at radius 3 is 2.78 bits per heavy atom. The monoisotopic (exact) mass is 407 g/mol. The van der Waals surface area contributed by atoms with Crippen molar-refractivity contribution >= 4 is 52.5 Å². The maximum atomic E-state index is 12.1. The summed E-state index contributed by atoms with van der Waals surface area (Å²) in [4.78, 5) is 18.8. The highest BCUT2D eigenvalue weighted by atomic mass is 35.5. The van der Waals surface area contributed by atoms with Crippen LogP contribution in [0.5, 0.6) is 5.75 Å². The van der Waals surface area contributed by atoms with Crippen LogP contribution in [0.25, 0.3) is 10.9 Å². The maximum Gasteiger partial charge on any atom is 0.274 e. The molecular formula is C18H19Cl2N5O2. The number of hydrogen-bond acceptors (Lipinski definition) is 4. The van der Waals surface area contributed by atoms with Crippen LogP contribution >= 0.6 is 24.0 Å². The molecule has 6 N–H and O–H groups in total. The first kappa shape index (κ1) is 20.4. The van der Waals surface area contributed by atoms with Crippen molar-refractivity contribution in [2.45, 2.75) is 6.61 Å². The van der Waals surface area contributed by atoms with Crippen molar-refractivity contribution in [3.8, 4) is 5.75 Å². The normalized spacial score (nSPS) is 11.1. The highest BCUT2D eigenvalue weighted by molar-refractivity contribution is 6.35. The van der Waals surface area contributed by atoms with Gasteiger partial charge in [-0.05, 0) is 29.8 Å². The number of anilines is 1. The van der Waals surface area contributed by atoms with Gasteiger partial charge in [-0.25, -0.2) is 0 Å². The fourth-order valence-corrected chi connectivity index (χ4v) is 2.73. The molecule has 0 aliphatic carbocycles. The average Bonchev–Trinajstić information content (AvgIpc) is 3.05. The topological polar surface area (TPSA) is 119 Å². The minimum absolute atomic E-state index is 0. The lowest BCUT2D eigenvalue weighted by Crippen LogP contribution is -2.36. The molecule has 27 heavy (non-hydrogen) atoms. The summed E-state index contributed by atoms with van der Waals surface area (Å²) >= 11 is 6.32. The summed E-state index contributed by atoms with van der Waals surface area (Å²) in [6.07, 6.45) is 0. The fraction of sp³-hybridized carbons (Fsp3) is 0.111. The first-order chi connectivity index (χ1) is 12.5. The number of fused-ring (bicyclic) bond motifs is 1. The van der Waals surface area contributed by atoms with Crippen molar-refractivity contribution in [3.05, 3.63) is 58.7 Å². The first-order valence-corrected chi connectivity index (χ1v) is 8.17. The van der Waals surface area contributed by atoms with Crippen LogP contribution in [0, 0.1) is 0 Å². The van der Waals surface area contributed by atoms with E-state index in [1.165, 1.54) is 7.05 Å². The molecule has 1 aromatic heterocycles. The van der Waals surface area contributed by atoms with Crippen LogP contribution in [0.4, 0.5) is 5.69 Å². The number of nitrogens with one attached hydrogen (secondary N) is 2. The lowest BCUT2D eigenvalue weighted by molar-refractivity contribution is 0.0972. The quantitative estimate of drug-likeness (QED) is 0.301. The molecule has 0 fully saturated rings. The second-order valence-electron chi connectivity index (χ2n) is 5.65. The number of aliphatic imine (C=N–C) groups is 1. The molecular weight excluding hydrogens is 389 g/mol. The van der Waals surface area contributed by atoms with E-state index in [0.29, 0.717) is 39.7 Å². The minimum Gasteiger partial charge on any atom is -0.489 e. The van der Waals surface area contributed by atoms with Crippen molar-refractivity contribution in [3.63, 3.8) is 0 Å². The molecule has 1 heterocycles. The van der Waals surface area contributed by atoms with Crippen LogP contribution in [-0.4, -0.2) is 23.9 Å². The number of benzene rings is 2. The second-order valence-corrected chi connectivity index (χ2v) is 6.05. The van der Waals surface area contributed by atoms with Crippen LogP contribution in [-0.2, 0) is 6.61 Å². The molecule has 0 radical (unpaired) electrons. The summed E-state index contributed by atoms with van der Waals surface area (Å²) in [7, 11) is 1.49. The first-order valence-electron chi connectivity index (χ1n) is 7.79. The van der Waals surface area contributed by atoms with Crippen LogP contribution in [0.1, 0.15) is 16.1 Å². The van der Waals surface area contributed by atoms with Gasteiger partial charge in [0.25, 0.3) is 5.91 Å². The number of carbonyl (C=O) groups is 1. The Morgan fingerprint density at radius 1 is 1.30 bits per heavy atom. The molecule has 0 aliphatic heterocycles. The number of carbonyl (C=O) groups excluding carboxylic acids is 1. The Hall–Kier alpha value is -2.90. The van der Waals surface area contributed by atoms with Crippen LogP contribution in [0.3, 0.4) is 0 Å². The number of H-pyrrole nitrogens is 1. The van der Waals surface area contributed by atoms with E-state index < -0.39 is 5.91 Å². The lowest BCUT2D eigenvalue weighted by atomic mass is 10.2. The number of guanidine groups is 1. The van der Waals surface area contributed by atoms with E-state index in [-0.39, 0.29) is 18.4 Å². The molecule has 0 spiro atoms. The Balaban J connectivity index is 0.00000261. The number of rotatable bonds is 4. The van der Waals surface area contributed by atoms with Crippen molar-refractivity contribution in [1.82, 2.24) is 10.3 Å². The van der Waals surface area contributed by atoms with Gasteiger partial charge in [0, 0.05) is 24.2 Å². The minimum atomic E-state index is -0.400. The van der Waals surface area contributed by atoms with Crippen molar-refractivity contribution in [2.75, 3.05) is 12.8 Å². The van der Waals surface area contributed by atoms with Crippen LogP contribution < -0.4 is 21.5 Å². The molecule has 2 aromatic carbocycles. The predicted octanol–water partition coefficient (Wildman–Crippen LogP) is 3.08. The molecule has 0 bridgehead atoms. The Bertz CT molecular complexity index is 1000. The zero-order chi connectivity index (χ0) is 18.7. The van der Waals surface area contributed by atoms with Crippen molar-refractivity contribution < 1.29 is 9.53 Å². The second kappa shape index (κ2) is 8.66. The van der Waals surface area contributed by atoms with E-state index in [1.807, 2.05) is 24.3 Å². The zero-order valence-electron chi connectivity index (χ0n) is 14.5. The fourth-order valence-electron chi connectivity index (χ4n) is 2.46. The molecule has 9 heteroatoms. The number of nitrogens with zero attached hydrogens (tertiary/aromatic N) is 1. The van der Waals surface area contributed by atoms with Gasteiger partial charge in [0.1, 0.15) is 18.1 Å². The lowest BCUT2D eigenvalue weighted by Gasteiger charge is -2.08. The highest BCUT2D eigenvalue weighted by Gasteiger charge is 2.13. The molecule has 1 amide bonds. The third-order valence-electron chi connectivity index (χ3n) is 3.74. The van der Waals surface area contributed by atoms with Gasteiger partial charge >= 0.3 is 0 Å². The molecule has 0 unspecified atom stereocenters. The molecule has 0 atom stereocenters. The highest BCUT2D eigenvalue weighted by Crippen LogP contribution is 2.30. The average molecular weight is 408 g/mol. The third-order valence-corrected chi connectivity index (χ3v) is 4.06. The summed E-state index contributed by atoms with van der Waals surface area (Å²) < 4.78 is 5.79. The van der Waals surface area contributed by atoms with Gasteiger partial charge < -0.3 is 21.2 Å². The number of nitrogen functional groups attached to an aromatic ring is 1. The number of halogens is 2. The van der Waals surface area contributed by atoms with Gasteiger partial charge in [-0.3, -0.25) is 15.1 Å². The van der Waals surface area contributed by atoms with Gasteiger partial charge in [0.05, 0.1) is 10.5 Å². The van der Waals surface area contributed by atoms with E-state index in [4.69, 9.17) is 27.8 Å². The molecule has 3 rings (SSSR count). The van der Waals surface area contributed by atoms with E-state index in [9.17, 15) is 4.79 Å². The van der Waals surface area contributed by atoms with Crippen molar-refractivity contribution in [2.24, 2.45) is 10.7 Å². The molecule has 0 aliphatic rings. The smallest absolute Gasteiger partial charge is 0.274 e. The Labute approximate surface area is 167 Å². The molecule has 142 valence electrons. The van der Waals surface area contributed by atoms with Gasteiger partial charge in [-0.1, -0.05) is 23.7 Å². The van der Waals surface area contributed by atoms with Gasteiger partial charge in [-0.2, -0.15) is 0 Å². The summed E-state index contributed by atoms with van der Waals surface area (Å²) in [6.45, 7) is 0.352. The summed E-state index contributed by atoms with van der Waals surface area (Å²) in [5.74, 6) is 0.210. The number of hydrogen-bond donors (Lipinski definition) is 4. The summed E-state index contributed by atoms with van der Waals surface area (Å²) in [5.41, 5.74) is 13.9. The van der Waals surface area contributed by atoms with E-state index in [0.717, 1.165) is 5.56 Å². The molecule has 7 nitrogen and oxygen atoms in total. The molecule has 3 aromatic rings. The number of ether oxygens (including phenoxy) is 1. The van der Waals surface area contributed by atoms with Crippen LogP contribution in [0.2, 0.25) is 5.02 Å². The molecule has 0 saturated carbocycles. The van der Waals surface area contributed by atoms with Gasteiger partial charge in [0.2, 0.25) is 0 Å². The Morgan fingerprint density at radius 2 is 2.07 bits per heavy atom. The Kier molecular flexibility index (Phi) is 6.55. The number of amides is 1. The maximum absolute atomic E-state index is 12.1. The summed E-state index contributed by atoms with van der Waals surface area (Å²) in [5, 5.41) is 3.64. The van der Waals surface area contributed by atoms with Gasteiger partial charge in [0.15, 0.2) is 5.96 Å². The van der Waals surface area contributed by atoms with E-state index in [2.05, 4.69) is 15.3 Å². The van der Waals surface area contributed by atoms with E-state index in [1.54, 1.807) is 18.2 Å². The van der Waals surface area contributed by atoms with Crippen LogP contribution in [0.15, 0.2) is 47.5 Å². The van der Waals surface area contributed by atoms with Crippen molar-refractivity contribution in [1.29, 1.82) is 0 Å². The number of aromatic amines is 1. The standard InChI is InChI=1S/C18H18ClN5O2.ClH/c1-22-18(21)24-17(25)16-8-13-14(19)6-12(7-15(13)23-16)26-9-10-3-2-4-11(20)5-10;/h2-8,23H,9,20H2,1H3,(H3,21,22,24,25);1H. The zero-order valence-corrected chi connectivity index (χ0v) is 16.0. The number of aromatic nitrogens is 1. The molecule has 0 saturated heterocycles. The third kappa shape index (κ3) is 4.84.